The molecule has 0 bridgehead atoms. The van der Waals surface area contributed by atoms with Gasteiger partial charge >= 0.3 is 0 Å². The lowest BCUT2D eigenvalue weighted by Gasteiger charge is -2.36. The summed E-state index contributed by atoms with van der Waals surface area (Å²) in [4.78, 5) is 10.2. The third kappa shape index (κ3) is 2.93. The predicted molar refractivity (Wildman–Crippen MR) is 91.4 cm³/mol. The molecule has 2 fully saturated rings. The third-order valence-electron chi connectivity index (χ3n) is 5.00. The number of hydrogen-bond acceptors (Lipinski definition) is 10. The number of fused-ring (bicyclic) bond motifs is 1. The maximum absolute atomic E-state index is 10.5. The summed E-state index contributed by atoms with van der Waals surface area (Å²) < 4.78 is 13.0. The Hall–Kier alpha value is -1.86. The van der Waals surface area contributed by atoms with Crippen LogP contribution in [0, 0.1) is 0 Å². The number of ether oxygens (including phenoxy) is 2. The van der Waals surface area contributed by atoms with Crippen LogP contribution in [0.5, 0.6) is 0 Å². The first-order chi connectivity index (χ1) is 12.6. The van der Waals surface area contributed by atoms with Gasteiger partial charge in [0.05, 0.1) is 24.8 Å². The van der Waals surface area contributed by atoms with Crippen molar-refractivity contribution >= 4 is 16.9 Å². The van der Waals surface area contributed by atoms with Crippen LogP contribution < -0.4 is 17.0 Å². The van der Waals surface area contributed by atoms with Gasteiger partial charge in [0, 0.05) is 19.3 Å². The highest BCUT2D eigenvalue weighted by Gasteiger charge is 2.45. The van der Waals surface area contributed by atoms with E-state index in [0.29, 0.717) is 43.2 Å². The van der Waals surface area contributed by atoms with E-state index in [0.717, 1.165) is 0 Å². The number of nitrogen functional groups attached to an aromatic ring is 1. The summed E-state index contributed by atoms with van der Waals surface area (Å²) >= 11 is 0. The zero-order valence-electron chi connectivity index (χ0n) is 14.1. The maximum Gasteiger partial charge on any atom is 0.164 e. The van der Waals surface area contributed by atoms with Gasteiger partial charge in [-0.25, -0.2) is 15.4 Å². The van der Waals surface area contributed by atoms with Gasteiger partial charge in [-0.3, -0.25) is 10.7 Å². The maximum atomic E-state index is 10.5. The van der Waals surface area contributed by atoms with Crippen molar-refractivity contribution in [1.29, 1.82) is 0 Å². The molecule has 0 unspecified atom stereocenters. The summed E-state index contributed by atoms with van der Waals surface area (Å²) in [5, 5.41) is 21.7. The van der Waals surface area contributed by atoms with E-state index in [1.807, 2.05) is 4.90 Å². The van der Waals surface area contributed by atoms with Gasteiger partial charge in [-0.2, -0.15) is 0 Å². The van der Waals surface area contributed by atoms with Gasteiger partial charge in [0.15, 0.2) is 6.23 Å². The lowest BCUT2D eigenvalue weighted by molar-refractivity contribution is -0.0753. The smallest absolute Gasteiger partial charge is 0.164 e. The summed E-state index contributed by atoms with van der Waals surface area (Å²) in [6.07, 6.45) is -0.592. The summed E-state index contributed by atoms with van der Waals surface area (Å²) in [7, 11) is 0. The number of aliphatic hydroxyl groups excluding tert-OH is 2. The number of nitrogens with one attached hydrogen (secondary N) is 1. The first-order valence-corrected chi connectivity index (χ1v) is 8.46. The highest BCUT2D eigenvalue weighted by atomic mass is 16.6. The zero-order valence-corrected chi connectivity index (χ0v) is 14.1. The number of hydrogen-bond donors (Lipinski definition) is 5. The molecule has 142 valence electrons. The van der Waals surface area contributed by atoms with E-state index in [-0.39, 0.29) is 6.17 Å². The molecular weight excluding hydrogens is 342 g/mol. The Kier molecular flexibility index (Phi) is 4.75. The monoisotopic (exact) mass is 365 g/mol. The average molecular weight is 365 g/mol. The van der Waals surface area contributed by atoms with Crippen molar-refractivity contribution in [3.05, 3.63) is 18.6 Å². The molecule has 4 heterocycles. The molecule has 11 heteroatoms. The number of morpholine rings is 1. The largest absolute Gasteiger partial charge is 0.387 e. The summed E-state index contributed by atoms with van der Waals surface area (Å²) in [6.45, 7) is 2.08. The summed E-state index contributed by atoms with van der Waals surface area (Å²) in [6, 6.07) is 1.76. The molecule has 2 aliphatic heterocycles. The molecular formula is C15H23N7O4. The van der Waals surface area contributed by atoms with E-state index in [9.17, 15) is 10.2 Å². The molecule has 7 N–H and O–H groups in total. The van der Waals surface area contributed by atoms with Crippen LogP contribution in [0.3, 0.4) is 0 Å². The summed E-state index contributed by atoms with van der Waals surface area (Å²) in [5.41, 5.74) is 9.09. The molecule has 11 nitrogen and oxygen atoms in total. The second kappa shape index (κ2) is 7.04. The molecule has 2 saturated heterocycles. The molecule has 0 aromatic carbocycles. The second-order valence-electron chi connectivity index (χ2n) is 6.52. The van der Waals surface area contributed by atoms with Gasteiger partial charge in [-0.05, 0) is 6.07 Å². The zero-order chi connectivity index (χ0) is 18.3. The van der Waals surface area contributed by atoms with Gasteiger partial charge in [0.25, 0.3) is 0 Å². The Labute approximate surface area is 149 Å². The van der Waals surface area contributed by atoms with E-state index in [1.165, 1.54) is 6.33 Å². The first-order valence-electron chi connectivity index (χ1n) is 8.46. The lowest BCUT2D eigenvalue weighted by atomic mass is 10.1. The molecule has 0 spiro atoms. The molecule has 0 saturated carbocycles. The fraction of sp³-hybridized carbons (Fsp3) is 0.600. The van der Waals surface area contributed by atoms with Crippen molar-refractivity contribution in [2.75, 3.05) is 32.0 Å². The Morgan fingerprint density at radius 1 is 1.31 bits per heavy atom. The minimum absolute atomic E-state index is 0.171. The Morgan fingerprint density at radius 2 is 2.15 bits per heavy atom. The first kappa shape index (κ1) is 17.5. The molecule has 0 amide bonds. The van der Waals surface area contributed by atoms with E-state index < -0.39 is 24.5 Å². The molecule has 5 atom stereocenters. The SMILES string of the molecule is NN[C@@H]1COCCN1C[C@H]1O[C@@H](n2ccc3c(N)ncnc32)[C@H](O)[C@@H]1O. The highest BCUT2D eigenvalue weighted by Crippen LogP contribution is 2.33. The molecule has 2 aliphatic rings. The van der Waals surface area contributed by atoms with Crippen molar-refractivity contribution in [1.82, 2.24) is 24.9 Å². The summed E-state index contributed by atoms with van der Waals surface area (Å²) in [5.74, 6) is 5.91. The Morgan fingerprint density at radius 3 is 2.96 bits per heavy atom. The van der Waals surface area contributed by atoms with Crippen molar-refractivity contribution in [3.8, 4) is 0 Å². The normalized spacial score (nSPS) is 33.1. The number of nitrogens with zero attached hydrogens (tertiary/aromatic N) is 4. The number of hydrazine groups is 1. The number of aliphatic hydroxyl groups is 2. The van der Waals surface area contributed by atoms with Crippen LogP contribution in [0.15, 0.2) is 18.6 Å². The van der Waals surface area contributed by atoms with Crippen LogP contribution >= 0.6 is 0 Å². The van der Waals surface area contributed by atoms with Crippen LogP contribution in [0.25, 0.3) is 11.0 Å². The van der Waals surface area contributed by atoms with Crippen LogP contribution in [0.2, 0.25) is 0 Å². The van der Waals surface area contributed by atoms with Crippen LogP contribution in [-0.4, -0.2) is 80.4 Å². The van der Waals surface area contributed by atoms with Crippen molar-refractivity contribution in [2.24, 2.45) is 5.84 Å². The van der Waals surface area contributed by atoms with Gasteiger partial charge in [0.2, 0.25) is 0 Å². The topological polar surface area (TPSA) is 157 Å². The van der Waals surface area contributed by atoms with Gasteiger partial charge in [0.1, 0.15) is 36.1 Å². The van der Waals surface area contributed by atoms with E-state index in [4.69, 9.17) is 21.1 Å². The van der Waals surface area contributed by atoms with Crippen molar-refractivity contribution in [2.45, 2.75) is 30.7 Å². The lowest BCUT2D eigenvalue weighted by Crippen LogP contribution is -2.58. The van der Waals surface area contributed by atoms with E-state index in [1.54, 1.807) is 16.8 Å². The van der Waals surface area contributed by atoms with Crippen molar-refractivity contribution in [3.63, 3.8) is 0 Å². The number of aromatic nitrogens is 3. The molecule has 4 rings (SSSR count). The quantitative estimate of drug-likeness (QED) is 0.296. The second-order valence-corrected chi connectivity index (χ2v) is 6.52. The van der Waals surface area contributed by atoms with Crippen LogP contribution in [0.4, 0.5) is 5.82 Å². The Bertz CT molecular complexity index is 772. The van der Waals surface area contributed by atoms with Crippen molar-refractivity contribution < 1.29 is 19.7 Å². The van der Waals surface area contributed by atoms with Gasteiger partial charge in [-0.15, -0.1) is 0 Å². The third-order valence-corrected chi connectivity index (χ3v) is 5.00. The standard InChI is InChI=1S/C15H23N7O4/c16-13-8-1-2-22(14(8)19-7-18-13)15-12(24)11(23)9(26-15)5-21-3-4-25-6-10(21)20-17/h1-2,7,9-12,15,20,23-24H,3-6,17H2,(H2,16,18,19)/t9-,10+,11-,12-,15-/m1/s1. The minimum Gasteiger partial charge on any atom is -0.387 e. The van der Waals surface area contributed by atoms with E-state index in [2.05, 4.69) is 15.4 Å². The fourth-order valence-corrected chi connectivity index (χ4v) is 3.55. The predicted octanol–water partition coefficient (Wildman–Crippen LogP) is -2.25. The molecule has 0 aliphatic carbocycles. The van der Waals surface area contributed by atoms with Gasteiger partial charge in [-0.1, -0.05) is 0 Å². The minimum atomic E-state index is -1.10. The van der Waals surface area contributed by atoms with Crippen LogP contribution in [0.1, 0.15) is 6.23 Å². The van der Waals surface area contributed by atoms with E-state index >= 15 is 0 Å². The van der Waals surface area contributed by atoms with Gasteiger partial charge < -0.3 is 30.0 Å². The fourth-order valence-electron chi connectivity index (χ4n) is 3.55. The molecule has 2 aromatic heterocycles. The number of rotatable bonds is 4. The average Bonchev–Trinajstić information content (AvgIpc) is 3.20. The number of nitrogens with two attached hydrogens (primary N) is 2. The molecule has 26 heavy (non-hydrogen) atoms. The highest BCUT2D eigenvalue weighted by molar-refractivity contribution is 5.86. The molecule has 0 radical (unpaired) electrons. The number of anilines is 1. The van der Waals surface area contributed by atoms with Crippen LogP contribution in [-0.2, 0) is 9.47 Å². The molecule has 2 aromatic rings. The Balaban J connectivity index is 1.55.